The normalized spacial score (nSPS) is 21.7. The molecule has 1 aliphatic rings. The Bertz CT molecular complexity index is 340. The van der Waals surface area contributed by atoms with Gasteiger partial charge in [-0.15, -0.1) is 0 Å². The Kier molecular flexibility index (Phi) is 2.99. The topological polar surface area (TPSA) is 52.6 Å². The zero-order valence-corrected chi connectivity index (χ0v) is 8.39. The van der Waals surface area contributed by atoms with Crippen molar-refractivity contribution in [3.8, 4) is 0 Å². The van der Waals surface area contributed by atoms with Crippen molar-refractivity contribution in [3.05, 3.63) is 35.9 Å². The van der Waals surface area contributed by atoms with Crippen LogP contribution in [0.3, 0.4) is 0 Å². The summed E-state index contributed by atoms with van der Waals surface area (Å²) in [5.74, 6) is -0.773. The van der Waals surface area contributed by atoms with Crippen LogP contribution >= 0.6 is 0 Å². The third-order valence-corrected chi connectivity index (χ3v) is 2.55. The minimum atomic E-state index is -0.773. The van der Waals surface area contributed by atoms with Gasteiger partial charge in [0.25, 0.3) is 0 Å². The second-order valence-electron chi connectivity index (χ2n) is 3.75. The van der Waals surface area contributed by atoms with E-state index < -0.39 is 12.0 Å². The first kappa shape index (κ1) is 10.1. The number of carboxylic acid groups (broad SMARTS) is 1. The first-order chi connectivity index (χ1) is 7.25. The zero-order chi connectivity index (χ0) is 10.7. The van der Waals surface area contributed by atoms with E-state index in [0.717, 1.165) is 6.54 Å². The van der Waals surface area contributed by atoms with Crippen molar-refractivity contribution in [3.63, 3.8) is 0 Å². The van der Waals surface area contributed by atoms with Gasteiger partial charge in [-0.2, -0.15) is 0 Å². The molecule has 4 nitrogen and oxygen atoms in total. The Balaban J connectivity index is 1.90. The molecule has 1 saturated heterocycles. The van der Waals surface area contributed by atoms with Gasteiger partial charge in [0.2, 0.25) is 0 Å². The maximum Gasteiger partial charge on any atom is 0.322 e. The van der Waals surface area contributed by atoms with Gasteiger partial charge in [0, 0.05) is 19.8 Å². The minimum Gasteiger partial charge on any atom is -0.480 e. The molecular weight excluding hydrogens is 192 g/mol. The molecule has 0 spiro atoms. The van der Waals surface area contributed by atoms with Crippen molar-refractivity contribution in [2.24, 2.45) is 0 Å². The molecule has 0 saturated carbocycles. The highest BCUT2D eigenvalue weighted by Crippen LogP contribution is 2.08. The summed E-state index contributed by atoms with van der Waals surface area (Å²) in [4.78, 5) is 12.8. The van der Waals surface area contributed by atoms with Crippen LogP contribution < -0.4 is 5.32 Å². The largest absolute Gasteiger partial charge is 0.480 e. The van der Waals surface area contributed by atoms with Crippen LogP contribution in [0.5, 0.6) is 0 Å². The average molecular weight is 206 g/mol. The van der Waals surface area contributed by atoms with Crippen molar-refractivity contribution in [1.29, 1.82) is 0 Å². The van der Waals surface area contributed by atoms with Crippen LogP contribution in [0.25, 0.3) is 0 Å². The molecule has 0 aliphatic carbocycles. The van der Waals surface area contributed by atoms with Gasteiger partial charge in [-0.05, 0) is 5.56 Å². The molecule has 0 radical (unpaired) electrons. The van der Waals surface area contributed by atoms with Gasteiger partial charge in [0.1, 0.15) is 6.04 Å². The molecule has 1 fully saturated rings. The smallest absolute Gasteiger partial charge is 0.322 e. The molecule has 0 amide bonds. The van der Waals surface area contributed by atoms with Crippen LogP contribution in [0.1, 0.15) is 5.56 Å². The summed E-state index contributed by atoms with van der Waals surface area (Å²) in [6.07, 6.45) is 0. The second-order valence-corrected chi connectivity index (χ2v) is 3.75. The van der Waals surface area contributed by atoms with Gasteiger partial charge in [-0.1, -0.05) is 30.3 Å². The molecule has 0 bridgehead atoms. The standard InChI is InChI=1S/C11H14N2O2/c14-11(15)10-7-13(8-12-10)6-9-4-2-1-3-5-9/h1-5,10,12H,6-8H2,(H,14,15). The lowest BCUT2D eigenvalue weighted by molar-refractivity contribution is -0.138. The maximum atomic E-state index is 10.7. The average Bonchev–Trinajstić information content (AvgIpc) is 2.68. The van der Waals surface area contributed by atoms with E-state index in [1.165, 1.54) is 5.56 Å². The van der Waals surface area contributed by atoms with Crippen LogP contribution in [-0.4, -0.2) is 35.2 Å². The number of aliphatic carboxylic acids is 1. The molecule has 4 heteroatoms. The Morgan fingerprint density at radius 3 is 2.80 bits per heavy atom. The summed E-state index contributed by atoms with van der Waals surface area (Å²) < 4.78 is 0. The molecule has 1 unspecified atom stereocenters. The maximum absolute atomic E-state index is 10.7. The van der Waals surface area contributed by atoms with Gasteiger partial charge in [-0.3, -0.25) is 15.0 Å². The Morgan fingerprint density at radius 2 is 2.20 bits per heavy atom. The number of carbonyl (C=O) groups is 1. The SMILES string of the molecule is O=C(O)C1CN(Cc2ccccc2)CN1. The first-order valence-electron chi connectivity index (χ1n) is 4.98. The molecule has 2 N–H and O–H groups in total. The van der Waals surface area contributed by atoms with Crippen LogP contribution in [0.4, 0.5) is 0 Å². The number of rotatable bonds is 3. The van der Waals surface area contributed by atoms with Crippen molar-refractivity contribution >= 4 is 5.97 Å². The van der Waals surface area contributed by atoms with Crippen molar-refractivity contribution in [2.75, 3.05) is 13.2 Å². The molecule has 1 aromatic rings. The summed E-state index contributed by atoms with van der Waals surface area (Å²) in [6.45, 7) is 2.02. The molecule has 1 heterocycles. The van der Waals surface area contributed by atoms with E-state index in [-0.39, 0.29) is 0 Å². The summed E-state index contributed by atoms with van der Waals surface area (Å²) in [6, 6.07) is 9.64. The third-order valence-electron chi connectivity index (χ3n) is 2.55. The highest BCUT2D eigenvalue weighted by Gasteiger charge is 2.26. The van der Waals surface area contributed by atoms with Crippen LogP contribution in [0.15, 0.2) is 30.3 Å². The molecule has 1 aromatic carbocycles. The number of nitrogens with zero attached hydrogens (tertiary/aromatic N) is 1. The van der Waals surface area contributed by atoms with E-state index in [0.29, 0.717) is 13.2 Å². The van der Waals surface area contributed by atoms with Crippen molar-refractivity contribution < 1.29 is 9.90 Å². The number of nitrogens with one attached hydrogen (secondary N) is 1. The van der Waals surface area contributed by atoms with Crippen LogP contribution in [0.2, 0.25) is 0 Å². The second kappa shape index (κ2) is 4.42. The van der Waals surface area contributed by atoms with E-state index >= 15 is 0 Å². The van der Waals surface area contributed by atoms with Gasteiger partial charge < -0.3 is 5.11 Å². The molecule has 80 valence electrons. The molecular formula is C11H14N2O2. The van der Waals surface area contributed by atoms with E-state index in [1.807, 2.05) is 30.3 Å². The number of hydrogen-bond acceptors (Lipinski definition) is 3. The summed E-state index contributed by atoms with van der Waals surface area (Å²) in [5.41, 5.74) is 1.21. The molecule has 1 aliphatic heterocycles. The number of carboxylic acids is 1. The van der Waals surface area contributed by atoms with E-state index in [9.17, 15) is 4.79 Å². The lowest BCUT2D eigenvalue weighted by Gasteiger charge is -2.13. The van der Waals surface area contributed by atoms with E-state index in [1.54, 1.807) is 0 Å². The van der Waals surface area contributed by atoms with Gasteiger partial charge in [-0.25, -0.2) is 0 Å². The fourth-order valence-corrected chi connectivity index (χ4v) is 1.75. The molecule has 0 aromatic heterocycles. The van der Waals surface area contributed by atoms with Crippen LogP contribution in [0, 0.1) is 0 Å². The quantitative estimate of drug-likeness (QED) is 0.756. The van der Waals surface area contributed by atoms with Gasteiger partial charge in [0.15, 0.2) is 0 Å². The fourth-order valence-electron chi connectivity index (χ4n) is 1.75. The molecule has 1 atom stereocenters. The number of hydrogen-bond donors (Lipinski definition) is 2. The van der Waals surface area contributed by atoms with Crippen LogP contribution in [-0.2, 0) is 11.3 Å². The zero-order valence-electron chi connectivity index (χ0n) is 8.39. The summed E-state index contributed by atoms with van der Waals surface area (Å²) >= 11 is 0. The van der Waals surface area contributed by atoms with E-state index in [4.69, 9.17) is 5.11 Å². The van der Waals surface area contributed by atoms with Gasteiger partial charge >= 0.3 is 5.97 Å². The Morgan fingerprint density at radius 1 is 1.47 bits per heavy atom. The summed E-state index contributed by atoms with van der Waals surface area (Å²) in [7, 11) is 0. The predicted molar refractivity (Wildman–Crippen MR) is 56.3 cm³/mol. The summed E-state index contributed by atoms with van der Waals surface area (Å²) in [5, 5.41) is 11.8. The highest BCUT2D eigenvalue weighted by molar-refractivity contribution is 5.74. The van der Waals surface area contributed by atoms with Gasteiger partial charge in [0.05, 0.1) is 0 Å². The first-order valence-corrected chi connectivity index (χ1v) is 4.98. The highest BCUT2D eigenvalue weighted by atomic mass is 16.4. The molecule has 15 heavy (non-hydrogen) atoms. The Labute approximate surface area is 88.5 Å². The predicted octanol–water partition coefficient (Wildman–Crippen LogP) is 0.502. The Hall–Kier alpha value is -1.39. The lowest BCUT2D eigenvalue weighted by atomic mass is 10.2. The molecule has 2 rings (SSSR count). The fraction of sp³-hybridized carbons (Fsp3) is 0.364. The monoisotopic (exact) mass is 206 g/mol. The van der Waals surface area contributed by atoms with Crippen molar-refractivity contribution in [2.45, 2.75) is 12.6 Å². The lowest BCUT2D eigenvalue weighted by Crippen LogP contribution is -2.32. The third kappa shape index (κ3) is 2.55. The van der Waals surface area contributed by atoms with E-state index in [2.05, 4.69) is 10.2 Å². The van der Waals surface area contributed by atoms with Crippen molar-refractivity contribution in [1.82, 2.24) is 10.2 Å². The number of benzene rings is 1. The minimum absolute atomic E-state index is 0.422.